The molecule has 0 spiro atoms. The fourth-order valence-corrected chi connectivity index (χ4v) is 2.39. The van der Waals surface area contributed by atoms with Crippen LogP contribution < -0.4 is 4.90 Å². The molecular formula is C16H10N2O2. The van der Waals surface area contributed by atoms with Gasteiger partial charge in [-0.05, 0) is 30.7 Å². The number of anilines is 1. The summed E-state index contributed by atoms with van der Waals surface area (Å²) in [4.78, 5) is 26.0. The largest absolute Gasteiger partial charge is 0.268 e. The molecule has 1 heterocycles. The molecule has 96 valence electrons. The molecule has 1 aliphatic heterocycles. The molecule has 0 saturated heterocycles. The van der Waals surface area contributed by atoms with Crippen molar-refractivity contribution in [2.75, 3.05) is 4.90 Å². The second-order valence-electron chi connectivity index (χ2n) is 4.57. The van der Waals surface area contributed by atoms with E-state index in [1.165, 1.54) is 0 Å². The van der Waals surface area contributed by atoms with Crippen molar-refractivity contribution in [1.82, 2.24) is 0 Å². The zero-order valence-electron chi connectivity index (χ0n) is 10.8. The fourth-order valence-electron chi connectivity index (χ4n) is 2.39. The van der Waals surface area contributed by atoms with Gasteiger partial charge in [-0.25, -0.2) is 4.90 Å². The van der Waals surface area contributed by atoms with Gasteiger partial charge in [-0.2, -0.15) is 5.26 Å². The minimum atomic E-state index is -0.434. The quantitative estimate of drug-likeness (QED) is 0.742. The van der Waals surface area contributed by atoms with E-state index in [0.717, 1.165) is 4.90 Å². The minimum Gasteiger partial charge on any atom is -0.268 e. The van der Waals surface area contributed by atoms with Crippen LogP contribution in [0.3, 0.4) is 0 Å². The highest BCUT2D eigenvalue weighted by Crippen LogP contribution is 2.31. The number of hydrogen-bond acceptors (Lipinski definition) is 3. The molecule has 4 heteroatoms. The van der Waals surface area contributed by atoms with Crippen LogP contribution in [0.2, 0.25) is 0 Å². The Morgan fingerprint density at radius 3 is 2.35 bits per heavy atom. The van der Waals surface area contributed by atoms with Crippen molar-refractivity contribution in [3.8, 4) is 6.07 Å². The highest BCUT2D eigenvalue weighted by molar-refractivity contribution is 6.35. The SMILES string of the molecule is Cc1ccc2c(c1C#N)C(=O)N(c1ccccc1)C2=O. The predicted octanol–water partition coefficient (Wildman–Crippen LogP) is 2.67. The van der Waals surface area contributed by atoms with Crippen LogP contribution >= 0.6 is 0 Å². The Morgan fingerprint density at radius 2 is 1.70 bits per heavy atom. The monoisotopic (exact) mass is 262 g/mol. The van der Waals surface area contributed by atoms with Gasteiger partial charge in [0, 0.05) is 0 Å². The number of rotatable bonds is 1. The van der Waals surface area contributed by atoms with Gasteiger partial charge in [0.1, 0.15) is 6.07 Å². The Kier molecular flexibility index (Phi) is 2.62. The maximum Gasteiger partial charge on any atom is 0.267 e. The molecule has 0 fully saturated rings. The molecule has 0 bridgehead atoms. The van der Waals surface area contributed by atoms with Crippen LogP contribution in [0.5, 0.6) is 0 Å². The van der Waals surface area contributed by atoms with Gasteiger partial charge in [0.25, 0.3) is 11.8 Å². The van der Waals surface area contributed by atoms with Crippen molar-refractivity contribution < 1.29 is 9.59 Å². The minimum absolute atomic E-state index is 0.210. The third-order valence-electron chi connectivity index (χ3n) is 3.39. The highest BCUT2D eigenvalue weighted by Gasteiger charge is 2.38. The smallest absolute Gasteiger partial charge is 0.267 e. The number of nitrogens with zero attached hydrogens (tertiary/aromatic N) is 2. The molecule has 2 aromatic carbocycles. The first-order valence-electron chi connectivity index (χ1n) is 6.12. The number of para-hydroxylation sites is 1. The number of nitriles is 1. The van der Waals surface area contributed by atoms with Crippen LogP contribution in [0, 0.1) is 18.3 Å². The molecule has 0 aromatic heterocycles. The Bertz CT molecular complexity index is 773. The number of amides is 2. The standard InChI is InChI=1S/C16H10N2O2/c1-10-7-8-12-14(13(10)9-17)16(20)18(15(12)19)11-5-3-2-4-6-11/h2-8H,1H3. The third kappa shape index (κ3) is 1.54. The van der Waals surface area contributed by atoms with Gasteiger partial charge in [-0.3, -0.25) is 9.59 Å². The fraction of sp³-hybridized carbons (Fsp3) is 0.0625. The van der Waals surface area contributed by atoms with Crippen LogP contribution in [0.1, 0.15) is 31.8 Å². The number of hydrogen-bond donors (Lipinski definition) is 0. The normalized spacial score (nSPS) is 13.3. The maximum absolute atomic E-state index is 12.5. The average molecular weight is 262 g/mol. The zero-order chi connectivity index (χ0) is 14.3. The lowest BCUT2D eigenvalue weighted by molar-refractivity contribution is 0.0926. The third-order valence-corrected chi connectivity index (χ3v) is 3.39. The van der Waals surface area contributed by atoms with Gasteiger partial charge in [0.2, 0.25) is 0 Å². The van der Waals surface area contributed by atoms with Crippen LogP contribution in [0.4, 0.5) is 5.69 Å². The zero-order valence-corrected chi connectivity index (χ0v) is 10.8. The van der Waals surface area contributed by atoms with E-state index in [1.54, 1.807) is 43.3 Å². The second-order valence-corrected chi connectivity index (χ2v) is 4.57. The van der Waals surface area contributed by atoms with Crippen LogP contribution in [0.25, 0.3) is 0 Å². The van der Waals surface area contributed by atoms with Gasteiger partial charge >= 0.3 is 0 Å². The van der Waals surface area contributed by atoms with E-state index in [2.05, 4.69) is 0 Å². The Hall–Kier alpha value is -2.93. The molecular weight excluding hydrogens is 252 g/mol. The number of benzene rings is 2. The molecule has 20 heavy (non-hydrogen) atoms. The molecule has 0 radical (unpaired) electrons. The van der Waals surface area contributed by atoms with Gasteiger partial charge in [-0.15, -0.1) is 0 Å². The summed E-state index contributed by atoms with van der Waals surface area (Å²) in [6, 6.07) is 14.0. The maximum atomic E-state index is 12.5. The Labute approximate surface area is 115 Å². The van der Waals surface area contributed by atoms with Crippen molar-refractivity contribution in [3.05, 3.63) is 64.7 Å². The summed E-state index contributed by atoms with van der Waals surface area (Å²) in [6.45, 7) is 1.75. The van der Waals surface area contributed by atoms with Gasteiger partial charge < -0.3 is 0 Å². The summed E-state index contributed by atoms with van der Waals surface area (Å²) in [6.07, 6.45) is 0. The van der Waals surface area contributed by atoms with Crippen molar-refractivity contribution in [2.45, 2.75) is 6.92 Å². The first-order chi connectivity index (χ1) is 9.65. The lowest BCUT2D eigenvalue weighted by Crippen LogP contribution is -2.29. The Balaban J connectivity index is 2.22. The number of carbonyl (C=O) groups is 2. The van der Waals surface area contributed by atoms with Gasteiger partial charge in [0.15, 0.2) is 0 Å². The first-order valence-corrected chi connectivity index (χ1v) is 6.12. The van der Waals surface area contributed by atoms with E-state index in [9.17, 15) is 14.9 Å². The summed E-state index contributed by atoms with van der Waals surface area (Å²) in [5.74, 6) is -0.816. The van der Waals surface area contributed by atoms with Gasteiger partial charge in [0.05, 0.1) is 22.4 Å². The van der Waals surface area contributed by atoms with E-state index in [0.29, 0.717) is 16.8 Å². The number of fused-ring (bicyclic) bond motifs is 1. The van der Waals surface area contributed by atoms with E-state index >= 15 is 0 Å². The molecule has 0 atom stereocenters. The average Bonchev–Trinajstić information content (AvgIpc) is 2.72. The van der Waals surface area contributed by atoms with E-state index in [4.69, 9.17) is 0 Å². The molecule has 0 saturated carbocycles. The van der Waals surface area contributed by atoms with Crippen LogP contribution in [0.15, 0.2) is 42.5 Å². The highest BCUT2D eigenvalue weighted by atomic mass is 16.2. The molecule has 0 unspecified atom stereocenters. The predicted molar refractivity (Wildman–Crippen MR) is 73.5 cm³/mol. The lowest BCUT2D eigenvalue weighted by atomic mass is 9.99. The Morgan fingerprint density at radius 1 is 1.00 bits per heavy atom. The first kappa shape index (κ1) is 12.1. The summed E-state index contributed by atoms with van der Waals surface area (Å²) in [5, 5.41) is 9.21. The van der Waals surface area contributed by atoms with Crippen molar-refractivity contribution in [1.29, 1.82) is 5.26 Å². The summed E-state index contributed by atoms with van der Waals surface area (Å²) in [7, 11) is 0. The van der Waals surface area contributed by atoms with Crippen LogP contribution in [-0.2, 0) is 0 Å². The summed E-state index contributed by atoms with van der Waals surface area (Å²) < 4.78 is 0. The van der Waals surface area contributed by atoms with E-state index in [-0.39, 0.29) is 17.0 Å². The topological polar surface area (TPSA) is 61.2 Å². The van der Waals surface area contributed by atoms with Crippen molar-refractivity contribution >= 4 is 17.5 Å². The molecule has 3 rings (SSSR count). The lowest BCUT2D eigenvalue weighted by Gasteiger charge is -2.13. The summed E-state index contributed by atoms with van der Waals surface area (Å²) >= 11 is 0. The molecule has 2 aromatic rings. The van der Waals surface area contributed by atoms with Crippen molar-refractivity contribution in [3.63, 3.8) is 0 Å². The van der Waals surface area contributed by atoms with Crippen molar-refractivity contribution in [2.24, 2.45) is 0 Å². The number of carbonyl (C=O) groups excluding carboxylic acids is 2. The molecule has 4 nitrogen and oxygen atoms in total. The molecule has 2 amide bonds. The molecule has 0 aliphatic carbocycles. The number of imide groups is 1. The van der Waals surface area contributed by atoms with E-state index in [1.807, 2.05) is 12.1 Å². The molecule has 1 aliphatic rings. The number of aryl methyl sites for hydroxylation is 1. The summed E-state index contributed by atoms with van der Waals surface area (Å²) in [5.41, 5.74) is 1.99. The van der Waals surface area contributed by atoms with Gasteiger partial charge in [-0.1, -0.05) is 24.3 Å². The molecule has 0 N–H and O–H groups in total. The van der Waals surface area contributed by atoms with Crippen LogP contribution in [-0.4, -0.2) is 11.8 Å². The second kappa shape index (κ2) is 4.32. The van der Waals surface area contributed by atoms with E-state index < -0.39 is 5.91 Å².